The molecule has 1 aliphatic heterocycles. The lowest BCUT2D eigenvalue weighted by molar-refractivity contribution is 0.477. The number of anilines is 1. The van der Waals surface area contributed by atoms with Gasteiger partial charge in [0, 0.05) is 17.7 Å². The largest absolute Gasteiger partial charge is 0.506 e. The smallest absolute Gasteiger partial charge is 0.143 e. The lowest BCUT2D eigenvalue weighted by atomic mass is 9.98. The molecule has 0 aromatic heterocycles. The van der Waals surface area contributed by atoms with E-state index in [1.54, 1.807) is 6.07 Å². The van der Waals surface area contributed by atoms with Gasteiger partial charge >= 0.3 is 0 Å². The van der Waals surface area contributed by atoms with E-state index in [0.29, 0.717) is 5.69 Å². The van der Waals surface area contributed by atoms with Gasteiger partial charge in [0.2, 0.25) is 0 Å². The minimum Gasteiger partial charge on any atom is -0.506 e. The average Bonchev–Trinajstić information content (AvgIpc) is 2.20. The van der Waals surface area contributed by atoms with E-state index in [9.17, 15) is 5.11 Å². The number of benzene rings is 1. The number of nitrogens with zero attached hydrogens (tertiary/aromatic N) is 1. The maximum Gasteiger partial charge on any atom is 0.143 e. The first-order valence-corrected chi connectivity index (χ1v) is 5.12. The fourth-order valence-corrected chi connectivity index (χ4v) is 2.03. The second kappa shape index (κ2) is 3.26. The van der Waals surface area contributed by atoms with Crippen molar-refractivity contribution in [3.8, 4) is 5.75 Å². The summed E-state index contributed by atoms with van der Waals surface area (Å²) in [6.45, 7) is 6.25. The molecule has 0 amide bonds. The van der Waals surface area contributed by atoms with Crippen molar-refractivity contribution in [2.45, 2.75) is 32.7 Å². The van der Waals surface area contributed by atoms with Gasteiger partial charge in [-0.05, 0) is 32.9 Å². The molecule has 1 aromatic rings. The van der Waals surface area contributed by atoms with Gasteiger partial charge in [-0.15, -0.1) is 0 Å². The molecule has 0 spiro atoms. The highest BCUT2D eigenvalue weighted by atomic mass is 16.3. The van der Waals surface area contributed by atoms with Crippen molar-refractivity contribution in [3.63, 3.8) is 0 Å². The standard InChI is InChI=1S/C12H16N2O/c1-8-7-12(2,3)14-9-5-4-6-10(15)11(9)13-8/h4-6,14-15H,7H2,1-3H3. The van der Waals surface area contributed by atoms with Crippen LogP contribution in [0.3, 0.4) is 0 Å². The first-order chi connectivity index (χ1) is 6.98. The van der Waals surface area contributed by atoms with Gasteiger partial charge in [-0.3, -0.25) is 4.99 Å². The average molecular weight is 204 g/mol. The number of phenolic OH excluding ortho intramolecular Hbond substituents is 1. The quantitative estimate of drug-likeness (QED) is 0.682. The molecule has 0 unspecified atom stereocenters. The van der Waals surface area contributed by atoms with E-state index in [4.69, 9.17) is 0 Å². The summed E-state index contributed by atoms with van der Waals surface area (Å²) in [5, 5.41) is 13.1. The number of phenols is 1. The van der Waals surface area contributed by atoms with E-state index in [0.717, 1.165) is 17.8 Å². The highest BCUT2D eigenvalue weighted by Gasteiger charge is 2.23. The third kappa shape index (κ3) is 1.96. The summed E-state index contributed by atoms with van der Waals surface area (Å²) < 4.78 is 0. The zero-order chi connectivity index (χ0) is 11.1. The fraction of sp³-hybridized carbons (Fsp3) is 0.417. The number of rotatable bonds is 0. The number of aromatic hydroxyl groups is 1. The van der Waals surface area contributed by atoms with E-state index >= 15 is 0 Å². The number of para-hydroxylation sites is 1. The van der Waals surface area contributed by atoms with Gasteiger partial charge in [-0.1, -0.05) is 6.07 Å². The Kier molecular flexibility index (Phi) is 2.18. The van der Waals surface area contributed by atoms with Crippen molar-refractivity contribution < 1.29 is 5.11 Å². The topological polar surface area (TPSA) is 44.6 Å². The zero-order valence-electron chi connectivity index (χ0n) is 9.33. The predicted molar refractivity (Wildman–Crippen MR) is 63.2 cm³/mol. The molecule has 0 radical (unpaired) electrons. The lowest BCUT2D eigenvalue weighted by Gasteiger charge is -2.25. The maximum absolute atomic E-state index is 9.72. The van der Waals surface area contributed by atoms with Gasteiger partial charge in [-0.2, -0.15) is 0 Å². The number of fused-ring (bicyclic) bond motifs is 1. The van der Waals surface area contributed by atoms with E-state index in [2.05, 4.69) is 24.2 Å². The van der Waals surface area contributed by atoms with Gasteiger partial charge in [-0.25, -0.2) is 0 Å². The number of hydrogen-bond acceptors (Lipinski definition) is 3. The molecule has 2 N–H and O–H groups in total. The Morgan fingerprint density at radius 1 is 1.40 bits per heavy atom. The van der Waals surface area contributed by atoms with Crippen molar-refractivity contribution >= 4 is 17.1 Å². The van der Waals surface area contributed by atoms with Crippen LogP contribution >= 0.6 is 0 Å². The fourth-order valence-electron chi connectivity index (χ4n) is 2.03. The Morgan fingerprint density at radius 3 is 2.87 bits per heavy atom. The van der Waals surface area contributed by atoms with Crippen LogP contribution < -0.4 is 5.32 Å². The Bertz CT molecular complexity index is 422. The third-order valence-corrected chi connectivity index (χ3v) is 2.49. The highest BCUT2D eigenvalue weighted by Crippen LogP contribution is 2.38. The van der Waals surface area contributed by atoms with E-state index in [1.807, 2.05) is 19.1 Å². The van der Waals surface area contributed by atoms with Crippen LogP contribution in [0.1, 0.15) is 27.2 Å². The summed E-state index contributed by atoms with van der Waals surface area (Å²) >= 11 is 0. The summed E-state index contributed by atoms with van der Waals surface area (Å²) in [4.78, 5) is 4.44. The monoisotopic (exact) mass is 204 g/mol. The molecule has 2 rings (SSSR count). The van der Waals surface area contributed by atoms with Crippen LogP contribution in [0, 0.1) is 0 Å². The van der Waals surface area contributed by atoms with Gasteiger partial charge in [0.1, 0.15) is 11.4 Å². The van der Waals surface area contributed by atoms with Crippen molar-refractivity contribution in [2.24, 2.45) is 4.99 Å². The normalized spacial score (nSPS) is 18.5. The second-order valence-corrected chi connectivity index (χ2v) is 4.71. The maximum atomic E-state index is 9.72. The minimum atomic E-state index is -0.0212. The van der Waals surface area contributed by atoms with E-state index in [-0.39, 0.29) is 11.3 Å². The Hall–Kier alpha value is -1.51. The summed E-state index contributed by atoms with van der Waals surface area (Å²) in [5.74, 6) is 0.233. The molecule has 1 aromatic carbocycles. The molecule has 15 heavy (non-hydrogen) atoms. The molecule has 3 nitrogen and oxygen atoms in total. The Balaban J connectivity index is 2.57. The first kappa shape index (κ1) is 10.0. The van der Waals surface area contributed by atoms with Crippen LogP contribution in [-0.2, 0) is 0 Å². The molecular weight excluding hydrogens is 188 g/mol. The molecular formula is C12H16N2O. The summed E-state index contributed by atoms with van der Waals surface area (Å²) in [6, 6.07) is 5.43. The first-order valence-electron chi connectivity index (χ1n) is 5.12. The molecule has 3 heteroatoms. The molecule has 0 saturated carbocycles. The number of aliphatic imine (C=N–C) groups is 1. The van der Waals surface area contributed by atoms with Crippen molar-refractivity contribution in [1.29, 1.82) is 0 Å². The lowest BCUT2D eigenvalue weighted by Crippen LogP contribution is -2.31. The molecule has 1 heterocycles. The summed E-state index contributed by atoms with van der Waals surface area (Å²) in [7, 11) is 0. The zero-order valence-corrected chi connectivity index (χ0v) is 9.33. The van der Waals surface area contributed by atoms with Gasteiger partial charge in [0.15, 0.2) is 0 Å². The minimum absolute atomic E-state index is 0.0212. The molecule has 0 bridgehead atoms. The van der Waals surface area contributed by atoms with Crippen molar-refractivity contribution in [1.82, 2.24) is 0 Å². The van der Waals surface area contributed by atoms with Crippen LogP contribution in [0.15, 0.2) is 23.2 Å². The number of hydrogen-bond donors (Lipinski definition) is 2. The number of nitrogens with one attached hydrogen (secondary N) is 1. The SMILES string of the molecule is CC1=Nc2c(O)cccc2NC(C)(C)C1. The molecule has 1 aliphatic rings. The third-order valence-electron chi connectivity index (χ3n) is 2.49. The molecule has 0 fully saturated rings. The van der Waals surface area contributed by atoms with E-state index < -0.39 is 0 Å². The van der Waals surface area contributed by atoms with Gasteiger partial charge < -0.3 is 10.4 Å². The summed E-state index contributed by atoms with van der Waals surface area (Å²) in [6.07, 6.45) is 0.876. The van der Waals surface area contributed by atoms with Gasteiger partial charge in [0.25, 0.3) is 0 Å². The summed E-state index contributed by atoms with van der Waals surface area (Å²) in [5.41, 5.74) is 2.57. The predicted octanol–water partition coefficient (Wildman–Crippen LogP) is 3.08. The molecule has 80 valence electrons. The second-order valence-electron chi connectivity index (χ2n) is 4.71. The van der Waals surface area contributed by atoms with E-state index in [1.165, 1.54) is 0 Å². The van der Waals surface area contributed by atoms with Gasteiger partial charge in [0.05, 0.1) is 5.69 Å². The van der Waals surface area contributed by atoms with Crippen LogP contribution in [0.5, 0.6) is 5.75 Å². The van der Waals surface area contributed by atoms with Crippen LogP contribution in [-0.4, -0.2) is 16.4 Å². The Morgan fingerprint density at radius 2 is 2.13 bits per heavy atom. The Labute approximate surface area is 89.9 Å². The molecule has 0 aliphatic carbocycles. The van der Waals surface area contributed by atoms with Crippen LogP contribution in [0.4, 0.5) is 11.4 Å². The van der Waals surface area contributed by atoms with Crippen LogP contribution in [0.2, 0.25) is 0 Å². The van der Waals surface area contributed by atoms with Crippen molar-refractivity contribution in [3.05, 3.63) is 18.2 Å². The highest BCUT2D eigenvalue weighted by molar-refractivity contribution is 5.91. The molecule has 0 saturated heterocycles. The molecule has 0 atom stereocenters. The van der Waals surface area contributed by atoms with Crippen LogP contribution in [0.25, 0.3) is 0 Å². The van der Waals surface area contributed by atoms with Crippen molar-refractivity contribution in [2.75, 3.05) is 5.32 Å².